The number of ether oxygens (including phenoxy) is 1. The second kappa shape index (κ2) is 7.15. The zero-order valence-electron chi connectivity index (χ0n) is 14.1. The van der Waals surface area contributed by atoms with Gasteiger partial charge in [-0.2, -0.15) is 0 Å². The van der Waals surface area contributed by atoms with E-state index in [0.717, 1.165) is 44.6 Å². The van der Waals surface area contributed by atoms with Crippen molar-refractivity contribution in [2.75, 3.05) is 31.6 Å². The zero-order valence-corrected chi connectivity index (χ0v) is 14.1. The molecule has 3 rings (SSSR count). The fourth-order valence-corrected chi connectivity index (χ4v) is 3.20. The number of anilines is 1. The second-order valence-electron chi connectivity index (χ2n) is 6.55. The molecule has 2 aliphatic rings. The van der Waals surface area contributed by atoms with Crippen LogP contribution in [-0.2, 0) is 4.79 Å². The summed E-state index contributed by atoms with van der Waals surface area (Å²) < 4.78 is 6.08. The van der Waals surface area contributed by atoms with Crippen molar-refractivity contribution < 1.29 is 9.53 Å². The highest BCUT2D eigenvalue weighted by molar-refractivity contribution is 5.79. The van der Waals surface area contributed by atoms with Gasteiger partial charge in [0.2, 0.25) is 5.91 Å². The van der Waals surface area contributed by atoms with Gasteiger partial charge in [0.05, 0.1) is 6.54 Å². The lowest BCUT2D eigenvalue weighted by Crippen LogP contribution is -2.38. The second-order valence-corrected chi connectivity index (χ2v) is 6.55. The standard InChI is InChI=1S/C17H26N4O2/c1-3-10-20(2)15-16(19-9-8-18-15)23-14-7-11-21(12-14)17(22)13-5-4-6-13/h8-9,13-14H,3-7,10-12H2,1-2H3. The topological polar surface area (TPSA) is 58.6 Å². The number of carbonyl (C=O) groups is 1. The highest BCUT2D eigenvalue weighted by Crippen LogP contribution is 2.30. The van der Waals surface area contributed by atoms with E-state index in [9.17, 15) is 4.79 Å². The number of hydrogen-bond donors (Lipinski definition) is 0. The molecule has 0 N–H and O–H groups in total. The summed E-state index contributed by atoms with van der Waals surface area (Å²) in [7, 11) is 2.00. The molecule has 0 bridgehead atoms. The van der Waals surface area contributed by atoms with Gasteiger partial charge in [-0.1, -0.05) is 13.3 Å². The Hall–Kier alpha value is -1.85. The minimum absolute atomic E-state index is 0.0181. The van der Waals surface area contributed by atoms with Crippen LogP contribution in [0.25, 0.3) is 0 Å². The third-order valence-electron chi connectivity index (χ3n) is 4.76. The highest BCUT2D eigenvalue weighted by atomic mass is 16.5. The Balaban J connectivity index is 1.61. The number of carbonyl (C=O) groups excluding carboxylic acids is 1. The van der Waals surface area contributed by atoms with E-state index in [1.165, 1.54) is 6.42 Å². The monoisotopic (exact) mass is 318 g/mol. The number of aromatic nitrogens is 2. The van der Waals surface area contributed by atoms with Crippen LogP contribution in [0, 0.1) is 5.92 Å². The van der Waals surface area contributed by atoms with Gasteiger partial charge in [0.1, 0.15) is 6.10 Å². The van der Waals surface area contributed by atoms with Gasteiger partial charge in [0.15, 0.2) is 5.82 Å². The normalized spacial score (nSPS) is 21.1. The average Bonchev–Trinajstić information content (AvgIpc) is 2.95. The van der Waals surface area contributed by atoms with Crippen molar-refractivity contribution in [2.45, 2.75) is 45.1 Å². The van der Waals surface area contributed by atoms with Crippen LogP contribution in [0.3, 0.4) is 0 Å². The van der Waals surface area contributed by atoms with Crippen LogP contribution in [0.4, 0.5) is 5.82 Å². The molecule has 2 heterocycles. The van der Waals surface area contributed by atoms with Crippen LogP contribution in [0.1, 0.15) is 39.0 Å². The van der Waals surface area contributed by atoms with Gasteiger partial charge in [-0.25, -0.2) is 9.97 Å². The van der Waals surface area contributed by atoms with Crippen molar-refractivity contribution in [1.29, 1.82) is 0 Å². The molecule has 126 valence electrons. The molecule has 6 nitrogen and oxygen atoms in total. The summed E-state index contributed by atoms with van der Waals surface area (Å²) in [4.78, 5) is 25.1. The lowest BCUT2D eigenvalue weighted by atomic mass is 9.84. The van der Waals surface area contributed by atoms with Crippen LogP contribution < -0.4 is 9.64 Å². The van der Waals surface area contributed by atoms with Gasteiger partial charge in [-0.15, -0.1) is 0 Å². The number of hydrogen-bond acceptors (Lipinski definition) is 5. The third-order valence-corrected chi connectivity index (χ3v) is 4.76. The molecule has 23 heavy (non-hydrogen) atoms. The summed E-state index contributed by atoms with van der Waals surface area (Å²) in [5.41, 5.74) is 0. The van der Waals surface area contributed by atoms with Gasteiger partial charge >= 0.3 is 0 Å². The van der Waals surface area contributed by atoms with Gasteiger partial charge in [0.25, 0.3) is 5.88 Å². The van der Waals surface area contributed by atoms with Crippen LogP contribution in [0.15, 0.2) is 12.4 Å². The number of rotatable bonds is 6. The predicted octanol–water partition coefficient (Wildman–Crippen LogP) is 2.10. The first-order chi connectivity index (χ1) is 11.2. The van der Waals surface area contributed by atoms with Gasteiger partial charge in [-0.05, 0) is 19.3 Å². The molecule has 1 amide bonds. The van der Waals surface area contributed by atoms with Crippen molar-refractivity contribution >= 4 is 11.7 Å². The quantitative estimate of drug-likeness (QED) is 0.804. The molecule has 0 radical (unpaired) electrons. The molecule has 1 aromatic rings. The van der Waals surface area contributed by atoms with Gasteiger partial charge < -0.3 is 14.5 Å². The first-order valence-corrected chi connectivity index (χ1v) is 8.66. The smallest absolute Gasteiger partial charge is 0.257 e. The van der Waals surface area contributed by atoms with Crippen molar-refractivity contribution in [3.8, 4) is 5.88 Å². The van der Waals surface area contributed by atoms with E-state index in [1.54, 1.807) is 12.4 Å². The Bertz CT molecular complexity index is 547. The molecule has 0 spiro atoms. The summed E-state index contributed by atoms with van der Waals surface area (Å²) in [6.45, 7) is 4.50. The van der Waals surface area contributed by atoms with Crippen LogP contribution >= 0.6 is 0 Å². The van der Waals surface area contributed by atoms with E-state index in [0.29, 0.717) is 18.3 Å². The molecule has 0 aromatic carbocycles. The lowest BCUT2D eigenvalue weighted by Gasteiger charge is -2.29. The molecule has 1 aliphatic heterocycles. The SMILES string of the molecule is CCCN(C)c1nccnc1OC1CCN(C(=O)C2CCC2)C1. The molecule has 1 aliphatic carbocycles. The summed E-state index contributed by atoms with van der Waals surface area (Å²) in [5, 5.41) is 0. The minimum atomic E-state index is 0.0181. The van der Waals surface area contributed by atoms with E-state index in [4.69, 9.17) is 4.74 Å². The Morgan fingerprint density at radius 1 is 1.35 bits per heavy atom. The van der Waals surface area contributed by atoms with Crippen molar-refractivity contribution in [1.82, 2.24) is 14.9 Å². The van der Waals surface area contributed by atoms with Crippen LogP contribution in [0.2, 0.25) is 0 Å². The molecule has 6 heteroatoms. The zero-order chi connectivity index (χ0) is 16.2. The molecular weight excluding hydrogens is 292 g/mol. The molecule has 2 fully saturated rings. The van der Waals surface area contributed by atoms with Crippen molar-refractivity contribution in [3.63, 3.8) is 0 Å². The van der Waals surface area contributed by atoms with E-state index < -0.39 is 0 Å². The minimum Gasteiger partial charge on any atom is -0.470 e. The molecule has 1 atom stereocenters. The molecular formula is C17H26N4O2. The Morgan fingerprint density at radius 3 is 2.83 bits per heavy atom. The highest BCUT2D eigenvalue weighted by Gasteiger charge is 2.34. The maximum Gasteiger partial charge on any atom is 0.257 e. The van der Waals surface area contributed by atoms with Gasteiger partial charge in [-0.3, -0.25) is 4.79 Å². The van der Waals surface area contributed by atoms with Gasteiger partial charge in [0, 0.05) is 44.9 Å². The number of amides is 1. The molecule has 1 unspecified atom stereocenters. The first kappa shape index (κ1) is 16.0. The number of nitrogens with zero attached hydrogens (tertiary/aromatic N) is 4. The van der Waals surface area contributed by atoms with Crippen LogP contribution in [0.5, 0.6) is 5.88 Å². The summed E-state index contributed by atoms with van der Waals surface area (Å²) in [6.07, 6.45) is 8.57. The van der Waals surface area contributed by atoms with E-state index >= 15 is 0 Å². The third kappa shape index (κ3) is 3.57. The fourth-order valence-electron chi connectivity index (χ4n) is 3.20. The molecule has 1 saturated carbocycles. The Labute approximate surface area is 137 Å². The predicted molar refractivity (Wildman–Crippen MR) is 88.5 cm³/mol. The van der Waals surface area contributed by atoms with Crippen molar-refractivity contribution in [2.24, 2.45) is 5.92 Å². The summed E-state index contributed by atoms with van der Waals surface area (Å²) in [5.74, 6) is 1.92. The molecule has 1 saturated heterocycles. The van der Waals surface area contributed by atoms with E-state index in [2.05, 4.69) is 21.8 Å². The average molecular weight is 318 g/mol. The largest absolute Gasteiger partial charge is 0.470 e. The van der Waals surface area contributed by atoms with Crippen LogP contribution in [-0.4, -0.2) is 53.6 Å². The lowest BCUT2D eigenvalue weighted by molar-refractivity contribution is -0.137. The number of likely N-dealkylation sites (tertiary alicyclic amines) is 1. The summed E-state index contributed by atoms with van der Waals surface area (Å²) >= 11 is 0. The van der Waals surface area contributed by atoms with E-state index in [1.807, 2.05) is 11.9 Å². The molecule has 1 aromatic heterocycles. The Kier molecular flexibility index (Phi) is 4.98. The van der Waals surface area contributed by atoms with E-state index in [-0.39, 0.29) is 12.0 Å². The maximum atomic E-state index is 12.3. The first-order valence-electron chi connectivity index (χ1n) is 8.66. The Morgan fingerprint density at radius 2 is 2.13 bits per heavy atom. The maximum absolute atomic E-state index is 12.3. The van der Waals surface area contributed by atoms with Crippen molar-refractivity contribution in [3.05, 3.63) is 12.4 Å². The summed E-state index contributed by atoms with van der Waals surface area (Å²) in [6, 6.07) is 0. The fraction of sp³-hybridized carbons (Fsp3) is 0.706.